The molecule has 27 heavy (non-hydrogen) atoms. The highest BCUT2D eigenvalue weighted by molar-refractivity contribution is 7.98. The first-order valence-corrected chi connectivity index (χ1v) is 10.4. The Morgan fingerprint density at radius 2 is 2.04 bits per heavy atom. The lowest BCUT2D eigenvalue weighted by Crippen LogP contribution is -2.29. The molecular weight excluding hydrogens is 384 g/mol. The highest BCUT2D eigenvalue weighted by atomic mass is 35.5. The number of rotatable bonds is 6. The summed E-state index contributed by atoms with van der Waals surface area (Å²) in [5.41, 5.74) is 1.91. The molecule has 2 aliphatic rings. The van der Waals surface area contributed by atoms with Gasteiger partial charge in [0.1, 0.15) is 5.82 Å². The Morgan fingerprint density at radius 1 is 1.19 bits per heavy atom. The Bertz CT molecular complexity index is 713. The van der Waals surface area contributed by atoms with Crippen molar-refractivity contribution in [3.05, 3.63) is 29.6 Å². The number of ether oxygens (including phenoxy) is 1. The number of nitrogens with one attached hydrogen (secondary N) is 1. The minimum absolute atomic E-state index is 0. The molecule has 2 fully saturated rings. The number of hydrogen-bond donors (Lipinski definition) is 1. The van der Waals surface area contributed by atoms with Crippen LogP contribution in [0.25, 0.3) is 0 Å². The van der Waals surface area contributed by atoms with Crippen molar-refractivity contribution in [1.82, 2.24) is 30.0 Å². The lowest BCUT2D eigenvalue weighted by atomic mass is 9.97. The second-order valence-corrected chi connectivity index (χ2v) is 7.99. The fraction of sp³-hybridized carbons (Fsp3) is 0.667. The van der Waals surface area contributed by atoms with E-state index in [0.29, 0.717) is 5.92 Å². The molecule has 1 atom stereocenters. The predicted octanol–water partition coefficient (Wildman–Crippen LogP) is 2.74. The number of aryl methyl sites for hydroxylation is 1. The van der Waals surface area contributed by atoms with Crippen molar-refractivity contribution in [1.29, 1.82) is 0 Å². The highest BCUT2D eigenvalue weighted by Gasteiger charge is 2.26. The van der Waals surface area contributed by atoms with E-state index in [9.17, 15) is 0 Å². The van der Waals surface area contributed by atoms with E-state index >= 15 is 0 Å². The first-order chi connectivity index (χ1) is 12.8. The Balaban J connectivity index is 0.00000210. The van der Waals surface area contributed by atoms with Crippen molar-refractivity contribution in [2.45, 2.75) is 62.1 Å². The zero-order chi connectivity index (χ0) is 17.8. The second-order valence-electron chi connectivity index (χ2n) is 7.05. The van der Waals surface area contributed by atoms with E-state index in [1.807, 2.05) is 19.3 Å². The van der Waals surface area contributed by atoms with Gasteiger partial charge in [0.05, 0.1) is 24.0 Å². The van der Waals surface area contributed by atoms with Crippen LogP contribution >= 0.6 is 24.2 Å². The standard InChI is InChI=1S/C18H26N6OS.ClH/c1-13-9-21-15(10-20-13)12-26-18-23-22-17(14-4-6-19-7-5-14)24(18)11-16-3-2-8-25-16;/h9-10,14,16,19H,2-8,11-12H2,1H3;1H. The quantitative estimate of drug-likeness (QED) is 0.733. The Morgan fingerprint density at radius 3 is 2.74 bits per heavy atom. The number of halogens is 1. The minimum Gasteiger partial charge on any atom is -0.376 e. The van der Waals surface area contributed by atoms with Gasteiger partial charge in [0.15, 0.2) is 5.16 Å². The average molecular weight is 411 g/mol. The van der Waals surface area contributed by atoms with Crippen LogP contribution in [0.15, 0.2) is 17.6 Å². The highest BCUT2D eigenvalue weighted by Crippen LogP contribution is 2.30. The summed E-state index contributed by atoms with van der Waals surface area (Å²) in [7, 11) is 0. The fourth-order valence-corrected chi connectivity index (χ4v) is 4.43. The van der Waals surface area contributed by atoms with Crippen molar-refractivity contribution in [3.63, 3.8) is 0 Å². The van der Waals surface area contributed by atoms with Gasteiger partial charge >= 0.3 is 0 Å². The zero-order valence-electron chi connectivity index (χ0n) is 15.6. The summed E-state index contributed by atoms with van der Waals surface area (Å²) in [4.78, 5) is 8.78. The molecular formula is C18H27ClN6OS. The maximum atomic E-state index is 5.88. The van der Waals surface area contributed by atoms with Gasteiger partial charge in [0, 0.05) is 30.7 Å². The van der Waals surface area contributed by atoms with Crippen LogP contribution in [0.2, 0.25) is 0 Å². The summed E-state index contributed by atoms with van der Waals surface area (Å²) in [5.74, 6) is 2.36. The largest absolute Gasteiger partial charge is 0.376 e. The monoisotopic (exact) mass is 410 g/mol. The molecule has 2 saturated heterocycles. The molecule has 7 nitrogen and oxygen atoms in total. The van der Waals surface area contributed by atoms with Gasteiger partial charge in [-0.3, -0.25) is 9.97 Å². The van der Waals surface area contributed by atoms with E-state index in [1.165, 1.54) is 0 Å². The third-order valence-corrected chi connectivity index (χ3v) is 6.04. The normalized spacial score (nSPS) is 20.6. The molecule has 0 spiro atoms. The van der Waals surface area contributed by atoms with Gasteiger partial charge in [-0.1, -0.05) is 11.8 Å². The smallest absolute Gasteiger partial charge is 0.191 e. The van der Waals surface area contributed by atoms with Crippen molar-refractivity contribution in [3.8, 4) is 0 Å². The summed E-state index contributed by atoms with van der Waals surface area (Å²) in [6.07, 6.45) is 8.46. The van der Waals surface area contributed by atoms with E-state index in [-0.39, 0.29) is 18.5 Å². The molecule has 0 amide bonds. The number of hydrogen-bond acceptors (Lipinski definition) is 7. The van der Waals surface area contributed by atoms with Crippen molar-refractivity contribution in [2.75, 3.05) is 19.7 Å². The summed E-state index contributed by atoms with van der Waals surface area (Å²) < 4.78 is 8.18. The molecule has 2 aromatic rings. The summed E-state index contributed by atoms with van der Waals surface area (Å²) >= 11 is 1.69. The van der Waals surface area contributed by atoms with Crippen LogP contribution in [0.5, 0.6) is 0 Å². The summed E-state index contributed by atoms with van der Waals surface area (Å²) in [6.45, 7) is 5.79. The third-order valence-electron chi connectivity index (χ3n) is 5.04. The molecule has 148 valence electrons. The molecule has 0 bridgehead atoms. The molecule has 0 aromatic carbocycles. The molecule has 0 saturated carbocycles. The lowest BCUT2D eigenvalue weighted by Gasteiger charge is -2.23. The van der Waals surface area contributed by atoms with Gasteiger partial charge < -0.3 is 14.6 Å². The summed E-state index contributed by atoms with van der Waals surface area (Å²) in [6, 6.07) is 0. The second kappa shape index (κ2) is 9.82. The molecule has 2 aromatic heterocycles. The maximum absolute atomic E-state index is 5.88. The van der Waals surface area contributed by atoms with Gasteiger partial charge in [0.2, 0.25) is 0 Å². The topological polar surface area (TPSA) is 77.8 Å². The minimum atomic E-state index is 0. The van der Waals surface area contributed by atoms with E-state index in [2.05, 4.69) is 30.0 Å². The lowest BCUT2D eigenvalue weighted by molar-refractivity contribution is 0.0936. The van der Waals surface area contributed by atoms with Crippen LogP contribution in [0.4, 0.5) is 0 Å². The first kappa shape index (κ1) is 20.5. The first-order valence-electron chi connectivity index (χ1n) is 9.45. The van der Waals surface area contributed by atoms with Gasteiger partial charge in [-0.05, 0) is 45.7 Å². The molecule has 0 aliphatic carbocycles. The van der Waals surface area contributed by atoms with Crippen LogP contribution in [0, 0.1) is 6.92 Å². The molecule has 4 rings (SSSR count). The Labute approximate surface area is 170 Å². The van der Waals surface area contributed by atoms with Crippen molar-refractivity contribution < 1.29 is 4.74 Å². The van der Waals surface area contributed by atoms with Crippen LogP contribution < -0.4 is 5.32 Å². The van der Waals surface area contributed by atoms with Gasteiger partial charge in [-0.25, -0.2) is 0 Å². The van der Waals surface area contributed by atoms with Gasteiger partial charge in [0.25, 0.3) is 0 Å². The molecule has 1 unspecified atom stereocenters. The van der Waals surface area contributed by atoms with Crippen molar-refractivity contribution >= 4 is 24.2 Å². The fourth-order valence-electron chi connectivity index (χ4n) is 3.58. The Hall–Kier alpha value is -1.22. The Kier molecular flexibility index (Phi) is 7.46. The molecule has 2 aliphatic heterocycles. The maximum Gasteiger partial charge on any atom is 0.191 e. The van der Waals surface area contributed by atoms with Crippen molar-refractivity contribution in [2.24, 2.45) is 0 Å². The van der Waals surface area contributed by atoms with Crippen LogP contribution in [-0.2, 0) is 17.0 Å². The van der Waals surface area contributed by atoms with Crippen LogP contribution in [0.3, 0.4) is 0 Å². The average Bonchev–Trinajstić information content (AvgIpc) is 3.33. The van der Waals surface area contributed by atoms with E-state index in [4.69, 9.17) is 4.74 Å². The van der Waals surface area contributed by atoms with Crippen LogP contribution in [0.1, 0.15) is 48.8 Å². The number of thioether (sulfide) groups is 1. The van der Waals surface area contributed by atoms with Gasteiger partial charge in [-0.2, -0.15) is 0 Å². The molecule has 9 heteroatoms. The molecule has 1 N–H and O–H groups in total. The number of nitrogens with zero attached hydrogens (tertiary/aromatic N) is 5. The molecule has 4 heterocycles. The van der Waals surface area contributed by atoms with E-state index in [0.717, 1.165) is 80.0 Å². The third kappa shape index (κ3) is 5.19. The summed E-state index contributed by atoms with van der Waals surface area (Å²) in [5, 5.41) is 13.5. The number of piperidine rings is 1. The molecule has 0 radical (unpaired) electrons. The number of aromatic nitrogens is 5. The predicted molar refractivity (Wildman–Crippen MR) is 107 cm³/mol. The van der Waals surface area contributed by atoms with Gasteiger partial charge in [-0.15, -0.1) is 22.6 Å². The van der Waals surface area contributed by atoms with E-state index in [1.54, 1.807) is 11.8 Å². The van der Waals surface area contributed by atoms with E-state index < -0.39 is 0 Å². The SMILES string of the molecule is Cc1cnc(CSc2nnc(C3CCNCC3)n2CC2CCCO2)cn1.Cl. The zero-order valence-corrected chi connectivity index (χ0v) is 17.3. The van der Waals surface area contributed by atoms with Crippen LogP contribution in [-0.4, -0.2) is 50.5 Å².